The second-order valence-corrected chi connectivity index (χ2v) is 9.50. The summed E-state index contributed by atoms with van der Waals surface area (Å²) in [5, 5.41) is 9.96. The molecule has 10 nitrogen and oxygen atoms in total. The lowest BCUT2D eigenvalue weighted by molar-refractivity contribution is 0.262. The fourth-order valence-corrected chi connectivity index (χ4v) is 3.46. The summed E-state index contributed by atoms with van der Waals surface area (Å²) in [6.45, 7) is 6.43. The van der Waals surface area contributed by atoms with Gasteiger partial charge in [0.1, 0.15) is 17.8 Å². The Labute approximate surface area is 219 Å². The van der Waals surface area contributed by atoms with Crippen LogP contribution in [0.15, 0.2) is 53.3 Å². The maximum atomic E-state index is 12.5. The second kappa shape index (κ2) is 11.3. The number of halogens is 1. The number of amides is 2. The summed E-state index contributed by atoms with van der Waals surface area (Å²) in [5.74, 6) is 3.36. The van der Waals surface area contributed by atoms with Crippen LogP contribution in [0, 0.1) is 0 Å². The van der Waals surface area contributed by atoms with Gasteiger partial charge in [0.15, 0.2) is 17.3 Å². The van der Waals surface area contributed by atoms with E-state index >= 15 is 0 Å². The first-order valence-electron chi connectivity index (χ1n) is 11.6. The molecule has 0 saturated carbocycles. The van der Waals surface area contributed by atoms with Crippen LogP contribution >= 0.6 is 11.6 Å². The maximum absolute atomic E-state index is 12.5. The number of urea groups is 1. The number of hydrogen-bond donors (Lipinski definition) is 2. The maximum Gasteiger partial charge on any atom is 0.324 e. The molecule has 4 aromatic rings. The SMILES string of the molecule is COc1cc2ncnc(Oc3cccc(NC(=O)Nc4cc(C(C)(C)C)on4)c3)c2cc1OCCCCl. The highest BCUT2D eigenvalue weighted by Crippen LogP contribution is 2.36. The van der Waals surface area contributed by atoms with Gasteiger partial charge in [0, 0.05) is 35.2 Å². The highest BCUT2D eigenvalue weighted by molar-refractivity contribution is 6.17. The van der Waals surface area contributed by atoms with Gasteiger partial charge in [-0.05, 0) is 24.6 Å². The fraction of sp³-hybridized carbons (Fsp3) is 0.308. The van der Waals surface area contributed by atoms with Crippen molar-refractivity contribution in [1.29, 1.82) is 0 Å². The molecule has 2 aromatic carbocycles. The van der Waals surface area contributed by atoms with Crippen molar-refractivity contribution >= 4 is 40.0 Å². The van der Waals surface area contributed by atoms with Crippen LogP contribution in [0.2, 0.25) is 0 Å². The van der Waals surface area contributed by atoms with E-state index in [1.54, 1.807) is 49.6 Å². The van der Waals surface area contributed by atoms with Gasteiger partial charge in [0.25, 0.3) is 0 Å². The van der Waals surface area contributed by atoms with Gasteiger partial charge in [-0.3, -0.25) is 5.32 Å². The van der Waals surface area contributed by atoms with Crippen LogP contribution in [0.1, 0.15) is 33.0 Å². The molecular formula is C26H28ClN5O5. The van der Waals surface area contributed by atoms with Crippen LogP contribution in [0.5, 0.6) is 23.1 Å². The first kappa shape index (κ1) is 26.0. The summed E-state index contributed by atoms with van der Waals surface area (Å²) < 4.78 is 22.6. The van der Waals surface area contributed by atoms with Gasteiger partial charge in [-0.25, -0.2) is 14.8 Å². The minimum atomic E-state index is -0.468. The molecule has 11 heteroatoms. The summed E-state index contributed by atoms with van der Waals surface area (Å²) in [5.41, 5.74) is 0.921. The Morgan fingerprint density at radius 1 is 1.08 bits per heavy atom. The monoisotopic (exact) mass is 525 g/mol. The third-order valence-electron chi connectivity index (χ3n) is 5.22. The molecule has 194 valence electrons. The highest BCUT2D eigenvalue weighted by Gasteiger charge is 2.20. The van der Waals surface area contributed by atoms with Crippen LogP contribution in [0.4, 0.5) is 16.3 Å². The Balaban J connectivity index is 1.50. The number of methoxy groups -OCH3 is 1. The van der Waals surface area contributed by atoms with Crippen molar-refractivity contribution in [2.45, 2.75) is 32.6 Å². The van der Waals surface area contributed by atoms with Gasteiger partial charge in [0.05, 0.1) is 24.6 Å². The Morgan fingerprint density at radius 2 is 1.92 bits per heavy atom. The highest BCUT2D eigenvalue weighted by atomic mass is 35.5. The first-order chi connectivity index (χ1) is 17.8. The van der Waals surface area contributed by atoms with E-state index in [1.165, 1.54) is 6.33 Å². The minimum Gasteiger partial charge on any atom is -0.493 e. The van der Waals surface area contributed by atoms with Crippen LogP contribution in [0.25, 0.3) is 10.9 Å². The predicted molar refractivity (Wildman–Crippen MR) is 141 cm³/mol. The lowest BCUT2D eigenvalue weighted by Crippen LogP contribution is -2.19. The second-order valence-electron chi connectivity index (χ2n) is 9.13. The number of alkyl halides is 1. The van der Waals surface area contributed by atoms with Crippen LogP contribution < -0.4 is 24.8 Å². The number of benzene rings is 2. The van der Waals surface area contributed by atoms with Crippen LogP contribution in [-0.2, 0) is 5.41 Å². The molecule has 37 heavy (non-hydrogen) atoms. The Bertz CT molecular complexity index is 1390. The lowest BCUT2D eigenvalue weighted by Gasteiger charge is -2.13. The van der Waals surface area contributed by atoms with Gasteiger partial charge in [0.2, 0.25) is 5.88 Å². The number of carbonyl (C=O) groups is 1. The van der Waals surface area contributed by atoms with E-state index in [4.69, 9.17) is 30.3 Å². The van der Waals surface area contributed by atoms with Gasteiger partial charge in [-0.2, -0.15) is 0 Å². The molecule has 4 rings (SSSR count). The fourth-order valence-electron chi connectivity index (χ4n) is 3.35. The average molecular weight is 526 g/mol. The average Bonchev–Trinajstić information content (AvgIpc) is 3.33. The summed E-state index contributed by atoms with van der Waals surface area (Å²) in [7, 11) is 1.56. The largest absolute Gasteiger partial charge is 0.493 e. The third kappa shape index (κ3) is 6.59. The van der Waals surface area contributed by atoms with Gasteiger partial charge in [-0.1, -0.05) is 32.0 Å². The molecule has 0 aliphatic carbocycles. The van der Waals surface area contributed by atoms with Crippen molar-refractivity contribution < 1.29 is 23.5 Å². The van der Waals surface area contributed by atoms with Crippen molar-refractivity contribution in [3.05, 3.63) is 54.6 Å². The molecule has 0 atom stereocenters. The zero-order valence-corrected chi connectivity index (χ0v) is 21.8. The summed E-state index contributed by atoms with van der Waals surface area (Å²) in [6, 6.07) is 11.7. The molecule has 0 aliphatic heterocycles. The molecular weight excluding hydrogens is 498 g/mol. The molecule has 2 heterocycles. The van der Waals surface area contributed by atoms with Crippen molar-refractivity contribution in [3.8, 4) is 23.1 Å². The Hall–Kier alpha value is -4.05. The van der Waals surface area contributed by atoms with Gasteiger partial charge >= 0.3 is 6.03 Å². The van der Waals surface area contributed by atoms with E-state index in [-0.39, 0.29) is 5.41 Å². The summed E-state index contributed by atoms with van der Waals surface area (Å²) in [4.78, 5) is 21.1. The topological polar surface area (TPSA) is 121 Å². The number of aromatic nitrogens is 3. The first-order valence-corrected chi connectivity index (χ1v) is 12.1. The Morgan fingerprint density at radius 3 is 2.65 bits per heavy atom. The van der Waals surface area contributed by atoms with Crippen molar-refractivity contribution in [2.75, 3.05) is 30.2 Å². The van der Waals surface area contributed by atoms with Crippen LogP contribution in [0.3, 0.4) is 0 Å². The number of nitrogens with one attached hydrogen (secondary N) is 2. The van der Waals surface area contributed by atoms with Gasteiger partial charge < -0.3 is 24.1 Å². The standard InChI is InChI=1S/C26H28ClN5O5/c1-26(2,3)22-14-23(32-37-22)31-25(33)30-16-7-5-8-17(11-16)36-24-18-12-21(35-10-6-9-27)20(34-4)13-19(18)28-15-29-24/h5,7-8,11-15H,6,9-10H2,1-4H3,(H2,30,31,32,33). The molecule has 0 fully saturated rings. The van der Waals surface area contributed by atoms with E-state index < -0.39 is 6.03 Å². The van der Waals surface area contributed by atoms with E-state index in [1.807, 2.05) is 20.8 Å². The van der Waals surface area contributed by atoms with Crippen molar-refractivity contribution in [3.63, 3.8) is 0 Å². The molecule has 0 spiro atoms. The molecule has 2 aromatic heterocycles. The predicted octanol–water partition coefficient (Wildman–Crippen LogP) is 6.37. The van der Waals surface area contributed by atoms with E-state index in [0.717, 1.165) is 0 Å². The number of ether oxygens (including phenoxy) is 3. The summed E-state index contributed by atoms with van der Waals surface area (Å²) >= 11 is 5.77. The number of anilines is 2. The number of rotatable bonds is 9. The number of carbonyl (C=O) groups excluding carboxylic acids is 1. The molecule has 2 N–H and O–H groups in total. The molecule has 0 saturated heterocycles. The number of nitrogens with zero attached hydrogens (tertiary/aromatic N) is 3. The molecule has 0 bridgehead atoms. The molecule has 2 amide bonds. The number of hydrogen-bond acceptors (Lipinski definition) is 8. The van der Waals surface area contributed by atoms with Crippen LogP contribution in [-0.4, -0.2) is 40.8 Å². The quantitative estimate of drug-likeness (QED) is 0.191. The number of fused-ring (bicyclic) bond motifs is 1. The van der Waals surface area contributed by atoms with Crippen molar-refractivity contribution in [2.24, 2.45) is 0 Å². The van der Waals surface area contributed by atoms with E-state index in [9.17, 15) is 4.79 Å². The normalized spacial score (nSPS) is 11.3. The van der Waals surface area contributed by atoms with E-state index in [0.29, 0.717) is 70.2 Å². The third-order valence-corrected chi connectivity index (χ3v) is 5.48. The molecule has 0 aliphatic rings. The molecule has 0 radical (unpaired) electrons. The van der Waals surface area contributed by atoms with Crippen molar-refractivity contribution in [1.82, 2.24) is 15.1 Å². The minimum absolute atomic E-state index is 0.220. The molecule has 0 unspecified atom stereocenters. The lowest BCUT2D eigenvalue weighted by atomic mass is 9.93. The smallest absolute Gasteiger partial charge is 0.324 e. The Kier molecular flexibility index (Phi) is 7.98. The van der Waals surface area contributed by atoms with E-state index in [2.05, 4.69) is 25.8 Å². The van der Waals surface area contributed by atoms with Gasteiger partial charge in [-0.15, -0.1) is 11.6 Å². The zero-order valence-electron chi connectivity index (χ0n) is 21.0. The summed E-state index contributed by atoms with van der Waals surface area (Å²) in [6.07, 6.45) is 2.10. The zero-order chi connectivity index (χ0) is 26.4.